The minimum atomic E-state index is -4.87. The van der Waals surface area contributed by atoms with Gasteiger partial charge in [0.1, 0.15) is 11.5 Å². The number of rotatable bonds is 5. The molecule has 0 bridgehead atoms. The van der Waals surface area contributed by atoms with Gasteiger partial charge in [-0.3, -0.25) is 9.59 Å². The van der Waals surface area contributed by atoms with Crippen molar-refractivity contribution in [3.05, 3.63) is 71.8 Å². The lowest BCUT2D eigenvalue weighted by molar-refractivity contribution is -0.274. The monoisotopic (exact) mass is 458 g/mol. The van der Waals surface area contributed by atoms with E-state index in [0.717, 1.165) is 12.1 Å². The van der Waals surface area contributed by atoms with Crippen LogP contribution in [0.2, 0.25) is 0 Å². The zero-order valence-electron chi connectivity index (χ0n) is 16.9. The van der Waals surface area contributed by atoms with Crippen LogP contribution in [0.3, 0.4) is 0 Å². The smallest absolute Gasteiger partial charge is 0.454 e. The lowest BCUT2D eigenvalue weighted by Crippen LogP contribution is -2.26. The van der Waals surface area contributed by atoms with E-state index < -0.39 is 18.0 Å². The van der Waals surface area contributed by atoms with Crippen molar-refractivity contribution in [3.63, 3.8) is 0 Å². The van der Waals surface area contributed by atoms with Crippen LogP contribution in [0.15, 0.2) is 60.7 Å². The molecule has 0 radical (unpaired) electrons. The van der Waals surface area contributed by atoms with Crippen LogP contribution in [0, 0.1) is 0 Å². The molecule has 0 unspecified atom stereocenters. The number of alkyl halides is 3. The van der Waals surface area contributed by atoms with E-state index in [0.29, 0.717) is 16.7 Å². The van der Waals surface area contributed by atoms with Crippen molar-refractivity contribution < 1.29 is 37.3 Å². The highest BCUT2D eigenvalue weighted by Gasteiger charge is 2.32. The Bertz CT molecular complexity index is 1230. The molecule has 0 fully saturated rings. The largest absolute Gasteiger partial charge is 0.573 e. The molecule has 0 saturated heterocycles. The molecule has 170 valence electrons. The molecule has 4 rings (SSSR count). The first-order valence-electron chi connectivity index (χ1n) is 9.76. The van der Waals surface area contributed by atoms with Crippen LogP contribution >= 0.6 is 0 Å². The van der Waals surface area contributed by atoms with Crippen LogP contribution in [-0.4, -0.2) is 36.4 Å². The molecule has 1 aliphatic rings. The molecule has 33 heavy (non-hydrogen) atoms. The quantitative estimate of drug-likeness (QED) is 0.529. The van der Waals surface area contributed by atoms with Crippen molar-refractivity contribution in [2.45, 2.75) is 6.36 Å². The second kappa shape index (κ2) is 8.83. The van der Waals surface area contributed by atoms with E-state index in [2.05, 4.69) is 15.4 Å². The van der Waals surface area contributed by atoms with Crippen molar-refractivity contribution in [1.82, 2.24) is 5.32 Å². The van der Waals surface area contributed by atoms with Gasteiger partial charge in [0, 0.05) is 18.2 Å². The number of hydrogen-bond acceptors (Lipinski definition) is 5. The van der Waals surface area contributed by atoms with E-state index in [-0.39, 0.29) is 41.8 Å². The van der Waals surface area contributed by atoms with Gasteiger partial charge in [-0.05, 0) is 47.5 Å². The maximum atomic E-state index is 12.8. The Morgan fingerprint density at radius 3 is 2.55 bits per heavy atom. The van der Waals surface area contributed by atoms with Gasteiger partial charge in [-0.1, -0.05) is 18.2 Å². The summed E-state index contributed by atoms with van der Waals surface area (Å²) in [6, 6.07) is 14.9. The molecule has 1 heterocycles. The number of carbonyl (C=O) groups is 2. The standard InChI is InChI=1S/C23H17F3N2O5/c24-23(25,26)33-16-5-7-20-18(12-16)28-22(31)17-11-14(4-6-19(17)32-20)13-2-1-3-15(10-13)21(30)27-8-9-29/h1-7,10-12,29H,8-9H2,(H,27,30)(H,28,31). The highest BCUT2D eigenvalue weighted by molar-refractivity contribution is 6.08. The fraction of sp³-hybridized carbons (Fsp3) is 0.130. The van der Waals surface area contributed by atoms with Crippen molar-refractivity contribution in [2.24, 2.45) is 0 Å². The third kappa shape index (κ3) is 5.07. The van der Waals surface area contributed by atoms with Gasteiger partial charge in [0.2, 0.25) is 0 Å². The summed E-state index contributed by atoms with van der Waals surface area (Å²) in [6.45, 7) is -0.0622. The Balaban J connectivity index is 1.63. The number of aliphatic hydroxyl groups is 1. The first-order chi connectivity index (χ1) is 15.7. The van der Waals surface area contributed by atoms with Crippen LogP contribution in [0.1, 0.15) is 20.7 Å². The predicted octanol–water partition coefficient (Wildman–Crippen LogP) is 4.33. The molecule has 3 aromatic rings. The van der Waals surface area contributed by atoms with Gasteiger partial charge in [0.05, 0.1) is 17.9 Å². The first kappa shape index (κ1) is 22.2. The van der Waals surface area contributed by atoms with E-state index in [9.17, 15) is 22.8 Å². The molecule has 0 aromatic heterocycles. The number of nitrogens with one attached hydrogen (secondary N) is 2. The predicted molar refractivity (Wildman–Crippen MR) is 112 cm³/mol. The fourth-order valence-corrected chi connectivity index (χ4v) is 3.29. The van der Waals surface area contributed by atoms with Crippen LogP contribution in [0.5, 0.6) is 17.2 Å². The number of carbonyl (C=O) groups excluding carboxylic acids is 2. The van der Waals surface area contributed by atoms with Crippen LogP contribution in [0.25, 0.3) is 11.1 Å². The zero-order chi connectivity index (χ0) is 23.6. The van der Waals surface area contributed by atoms with Crippen LogP contribution in [0.4, 0.5) is 18.9 Å². The number of ether oxygens (including phenoxy) is 2. The van der Waals surface area contributed by atoms with E-state index >= 15 is 0 Å². The molecule has 7 nitrogen and oxygen atoms in total. The molecule has 0 spiro atoms. The van der Waals surface area contributed by atoms with Crippen LogP contribution in [-0.2, 0) is 0 Å². The van der Waals surface area contributed by atoms with Crippen LogP contribution < -0.4 is 20.1 Å². The summed E-state index contributed by atoms with van der Waals surface area (Å²) in [6.07, 6.45) is -4.87. The van der Waals surface area contributed by atoms with E-state index in [4.69, 9.17) is 9.84 Å². The average molecular weight is 458 g/mol. The molecular weight excluding hydrogens is 441 g/mol. The third-order valence-corrected chi connectivity index (χ3v) is 4.73. The second-order valence-electron chi connectivity index (χ2n) is 7.03. The number of anilines is 1. The Hall–Kier alpha value is -4.05. The minimum Gasteiger partial charge on any atom is -0.454 e. The maximum absolute atomic E-state index is 12.8. The molecule has 0 atom stereocenters. The van der Waals surface area contributed by atoms with Gasteiger partial charge in [-0.2, -0.15) is 0 Å². The summed E-state index contributed by atoms with van der Waals surface area (Å²) in [7, 11) is 0. The van der Waals surface area contributed by atoms with Crippen molar-refractivity contribution in [2.75, 3.05) is 18.5 Å². The van der Waals surface area contributed by atoms with E-state index in [1.54, 1.807) is 42.5 Å². The molecule has 3 N–H and O–H groups in total. The molecule has 1 aliphatic heterocycles. The Morgan fingerprint density at radius 2 is 1.79 bits per heavy atom. The van der Waals surface area contributed by atoms with Gasteiger partial charge in [0.15, 0.2) is 5.75 Å². The molecule has 0 saturated carbocycles. The summed E-state index contributed by atoms with van der Waals surface area (Å²) >= 11 is 0. The molecular formula is C23H17F3N2O5. The summed E-state index contributed by atoms with van der Waals surface area (Å²) in [5.74, 6) is -1.04. The minimum absolute atomic E-state index is 0.0297. The first-order valence-corrected chi connectivity index (χ1v) is 9.76. The molecule has 3 aromatic carbocycles. The Morgan fingerprint density at radius 1 is 1.03 bits per heavy atom. The number of halogens is 3. The van der Waals surface area contributed by atoms with Crippen molar-refractivity contribution in [3.8, 4) is 28.4 Å². The van der Waals surface area contributed by atoms with Gasteiger partial charge in [0.25, 0.3) is 11.8 Å². The topological polar surface area (TPSA) is 96.9 Å². The number of fused-ring (bicyclic) bond motifs is 2. The van der Waals surface area contributed by atoms with Crippen molar-refractivity contribution >= 4 is 17.5 Å². The highest BCUT2D eigenvalue weighted by atomic mass is 19.4. The summed E-state index contributed by atoms with van der Waals surface area (Å²) in [5.41, 5.74) is 1.85. The second-order valence-corrected chi connectivity index (χ2v) is 7.03. The normalized spacial score (nSPS) is 12.5. The molecule has 10 heteroatoms. The van der Waals surface area contributed by atoms with E-state index in [1.807, 2.05) is 0 Å². The maximum Gasteiger partial charge on any atom is 0.573 e. The number of hydrogen-bond donors (Lipinski definition) is 3. The summed E-state index contributed by atoms with van der Waals surface area (Å²) in [5, 5.41) is 14.0. The SMILES string of the molecule is O=C(NCCO)c1cccc(-c2ccc3c(c2)C(=O)Nc2cc(OC(F)(F)F)ccc2O3)c1. The average Bonchev–Trinajstić information content (AvgIpc) is 2.91. The molecule has 0 aliphatic carbocycles. The number of amides is 2. The van der Waals surface area contributed by atoms with Gasteiger partial charge in [-0.15, -0.1) is 13.2 Å². The number of aliphatic hydroxyl groups excluding tert-OH is 1. The molecule has 2 amide bonds. The summed E-state index contributed by atoms with van der Waals surface area (Å²) < 4.78 is 47.2. The number of benzene rings is 3. The van der Waals surface area contributed by atoms with E-state index in [1.165, 1.54) is 6.07 Å². The Labute approximate surface area is 185 Å². The third-order valence-electron chi connectivity index (χ3n) is 4.73. The van der Waals surface area contributed by atoms with Crippen molar-refractivity contribution in [1.29, 1.82) is 0 Å². The van der Waals surface area contributed by atoms with Gasteiger partial charge < -0.3 is 25.2 Å². The fourth-order valence-electron chi connectivity index (χ4n) is 3.29. The van der Waals surface area contributed by atoms with Gasteiger partial charge in [-0.25, -0.2) is 0 Å². The lowest BCUT2D eigenvalue weighted by atomic mass is 10.00. The zero-order valence-corrected chi connectivity index (χ0v) is 16.9. The van der Waals surface area contributed by atoms with Gasteiger partial charge >= 0.3 is 6.36 Å². The lowest BCUT2D eigenvalue weighted by Gasteiger charge is -2.12. The Kier molecular flexibility index (Phi) is 5.93. The highest BCUT2D eigenvalue weighted by Crippen LogP contribution is 2.40. The summed E-state index contributed by atoms with van der Waals surface area (Å²) in [4.78, 5) is 25.0.